The maximum Gasteiger partial charge on any atom is 0.338 e. The molecule has 0 unspecified atom stereocenters. The van der Waals surface area contributed by atoms with Crippen molar-refractivity contribution in [1.82, 2.24) is 0 Å². The zero-order valence-electron chi connectivity index (χ0n) is 19.1. The first-order valence-electron chi connectivity index (χ1n) is 10.1. The highest BCUT2D eigenvalue weighted by Gasteiger charge is 2.10. The third kappa shape index (κ3) is 12.2. The molecule has 172 valence electrons. The zero-order chi connectivity index (χ0) is 25.2. The van der Waals surface area contributed by atoms with Crippen molar-refractivity contribution >= 4 is 35.5 Å². The van der Waals surface area contributed by atoms with Crippen molar-refractivity contribution in [2.24, 2.45) is 9.98 Å². The van der Waals surface area contributed by atoms with Gasteiger partial charge in [0.1, 0.15) is 0 Å². The van der Waals surface area contributed by atoms with E-state index in [-0.39, 0.29) is 0 Å². The molecule has 4 rings (SSSR count). The van der Waals surface area contributed by atoms with Crippen LogP contribution in [0.25, 0.3) is 0 Å². The smallest absolute Gasteiger partial charge is 0.338 e. The molecule has 1 aliphatic rings. The number of cyclic esters (lactones) is 2. The second kappa shape index (κ2) is 16.0. The molecule has 0 bridgehead atoms. The lowest BCUT2D eigenvalue weighted by molar-refractivity contribution is -0.150. The van der Waals surface area contributed by atoms with Gasteiger partial charge < -0.3 is 4.74 Å². The molecule has 0 fully saturated rings. The summed E-state index contributed by atoms with van der Waals surface area (Å²) < 4.78 is 3.97. The predicted molar refractivity (Wildman–Crippen MR) is 129 cm³/mol. The van der Waals surface area contributed by atoms with Gasteiger partial charge in [-0.25, -0.2) is 19.2 Å². The quantitative estimate of drug-likeness (QED) is 0.218. The number of esters is 2. The summed E-state index contributed by atoms with van der Waals surface area (Å²) in [6.07, 6.45) is 5.01. The number of isocyanates is 2. The van der Waals surface area contributed by atoms with Gasteiger partial charge >= 0.3 is 11.9 Å². The molecule has 1 heterocycles. The monoisotopic (exact) mass is 456 g/mol. The summed E-state index contributed by atoms with van der Waals surface area (Å²) in [5.74, 6) is -1.16. The number of carbonyl (C=O) groups is 2. The van der Waals surface area contributed by atoms with E-state index in [0.29, 0.717) is 11.4 Å². The van der Waals surface area contributed by atoms with Crippen LogP contribution in [0.15, 0.2) is 101 Å². The molecule has 3 aromatic rings. The summed E-state index contributed by atoms with van der Waals surface area (Å²) in [6, 6.07) is 25.4. The number of aryl methyl sites for hydroxylation is 3. The molecule has 0 radical (unpaired) electrons. The Morgan fingerprint density at radius 2 is 1.12 bits per heavy atom. The molecule has 0 atom stereocenters. The van der Waals surface area contributed by atoms with Gasteiger partial charge in [0.25, 0.3) is 0 Å². The van der Waals surface area contributed by atoms with Crippen LogP contribution in [0, 0.1) is 20.8 Å². The molecule has 34 heavy (non-hydrogen) atoms. The molecule has 0 spiro atoms. The van der Waals surface area contributed by atoms with Crippen molar-refractivity contribution in [1.29, 1.82) is 0 Å². The third-order valence-corrected chi connectivity index (χ3v) is 3.97. The Morgan fingerprint density at radius 1 is 0.647 bits per heavy atom. The van der Waals surface area contributed by atoms with Crippen LogP contribution in [-0.4, -0.2) is 24.1 Å². The van der Waals surface area contributed by atoms with Crippen LogP contribution in [0.1, 0.15) is 16.7 Å². The number of ether oxygens (including phenoxy) is 1. The number of rotatable bonds is 2. The molecule has 7 heteroatoms. The average molecular weight is 456 g/mol. The van der Waals surface area contributed by atoms with Crippen molar-refractivity contribution in [2.75, 3.05) is 0 Å². The summed E-state index contributed by atoms with van der Waals surface area (Å²) in [5, 5.41) is 0. The Balaban J connectivity index is 0.000000237. The molecule has 0 aliphatic carbocycles. The highest BCUT2D eigenvalue weighted by atomic mass is 16.6. The second-order valence-corrected chi connectivity index (χ2v) is 6.76. The molecule has 0 N–H and O–H groups in total. The molecule has 0 saturated heterocycles. The zero-order valence-corrected chi connectivity index (χ0v) is 19.1. The summed E-state index contributed by atoms with van der Waals surface area (Å²) in [6.45, 7) is 5.96. The van der Waals surface area contributed by atoms with Crippen LogP contribution in [-0.2, 0) is 23.9 Å². The van der Waals surface area contributed by atoms with Crippen LogP contribution >= 0.6 is 0 Å². The summed E-state index contributed by atoms with van der Waals surface area (Å²) in [4.78, 5) is 46.6. The second-order valence-electron chi connectivity index (χ2n) is 6.76. The van der Waals surface area contributed by atoms with Gasteiger partial charge in [0.2, 0.25) is 12.2 Å². The van der Waals surface area contributed by atoms with Crippen molar-refractivity contribution in [3.8, 4) is 0 Å². The van der Waals surface area contributed by atoms with E-state index >= 15 is 0 Å². The fourth-order valence-corrected chi connectivity index (χ4v) is 2.26. The summed E-state index contributed by atoms with van der Waals surface area (Å²) in [5.41, 5.74) is 4.36. The van der Waals surface area contributed by atoms with Gasteiger partial charge in [0, 0.05) is 12.2 Å². The maximum atomic E-state index is 10.00. The van der Waals surface area contributed by atoms with Crippen molar-refractivity contribution in [3.05, 3.63) is 108 Å². The summed E-state index contributed by atoms with van der Waals surface area (Å²) >= 11 is 0. The lowest BCUT2D eigenvalue weighted by atomic mass is 10.2. The molecule has 0 saturated carbocycles. The molecular formula is C27H24N2O5. The minimum absolute atomic E-state index is 0.426. The predicted octanol–water partition coefficient (Wildman–Crippen LogP) is 5.55. The number of hydrogen-bond donors (Lipinski definition) is 0. The Hall–Kier alpha value is -4.70. The van der Waals surface area contributed by atoms with E-state index < -0.39 is 11.9 Å². The largest absolute Gasteiger partial charge is 0.387 e. The standard InChI is InChI=1S/C9H6N2O2.2C7H8.C4H2O3/c1-7-2-3-8(10-5-12)4-9(7)11-6-13;2*1-7-5-3-2-4-6-7;5-3-1-2-4(6)7-3/h2-4H,1H3;2*2-6H,1H3;1-2H. The van der Waals surface area contributed by atoms with Crippen molar-refractivity contribution < 1.29 is 23.9 Å². The van der Waals surface area contributed by atoms with Crippen molar-refractivity contribution in [2.45, 2.75) is 20.8 Å². The summed E-state index contributed by atoms with van der Waals surface area (Å²) in [7, 11) is 0. The fourth-order valence-electron chi connectivity index (χ4n) is 2.26. The highest BCUT2D eigenvalue weighted by Crippen LogP contribution is 2.23. The normalized spacial score (nSPS) is 10.4. The SMILES string of the molecule is Cc1ccc(N=C=O)cc1N=C=O.Cc1ccccc1.Cc1ccccc1.O=C1C=CC(=O)O1. The molecule has 0 aromatic heterocycles. The van der Waals surface area contributed by atoms with Gasteiger partial charge in [-0.2, -0.15) is 9.98 Å². The Labute approximate surface area is 198 Å². The van der Waals surface area contributed by atoms with Gasteiger partial charge in [-0.1, -0.05) is 77.9 Å². The number of aliphatic imine (C=N–C) groups is 2. The van der Waals surface area contributed by atoms with Gasteiger partial charge in [0.15, 0.2) is 0 Å². The van der Waals surface area contributed by atoms with E-state index in [1.807, 2.05) is 36.4 Å². The van der Waals surface area contributed by atoms with Crippen LogP contribution in [0.2, 0.25) is 0 Å². The van der Waals surface area contributed by atoms with Gasteiger partial charge in [-0.15, -0.1) is 0 Å². The molecule has 1 aliphatic heterocycles. The van der Waals surface area contributed by atoms with Crippen LogP contribution < -0.4 is 0 Å². The Kier molecular flexibility index (Phi) is 12.9. The fraction of sp³-hybridized carbons (Fsp3) is 0.111. The van der Waals surface area contributed by atoms with E-state index in [2.05, 4.69) is 52.8 Å². The maximum absolute atomic E-state index is 10.00. The first-order valence-corrected chi connectivity index (χ1v) is 10.1. The van der Waals surface area contributed by atoms with E-state index in [1.54, 1.807) is 19.1 Å². The average Bonchev–Trinajstić information content (AvgIpc) is 3.21. The van der Waals surface area contributed by atoms with Gasteiger partial charge in [-0.05, 0) is 38.5 Å². The van der Waals surface area contributed by atoms with E-state index in [1.165, 1.54) is 29.4 Å². The highest BCUT2D eigenvalue weighted by molar-refractivity contribution is 6.04. The third-order valence-electron chi connectivity index (χ3n) is 3.97. The van der Waals surface area contributed by atoms with Gasteiger partial charge in [0.05, 0.1) is 11.4 Å². The number of benzene rings is 3. The number of nitrogens with zero attached hydrogens (tertiary/aromatic N) is 2. The van der Waals surface area contributed by atoms with E-state index in [0.717, 1.165) is 17.7 Å². The molecular weight excluding hydrogens is 432 g/mol. The number of hydrogen-bond acceptors (Lipinski definition) is 7. The lowest BCUT2D eigenvalue weighted by Crippen LogP contribution is -1.96. The first-order chi connectivity index (χ1) is 16.3. The van der Waals surface area contributed by atoms with Crippen LogP contribution in [0.5, 0.6) is 0 Å². The minimum Gasteiger partial charge on any atom is -0.387 e. The van der Waals surface area contributed by atoms with Gasteiger partial charge in [-0.3, -0.25) is 0 Å². The number of carbonyl (C=O) groups excluding carboxylic acids is 4. The van der Waals surface area contributed by atoms with Crippen LogP contribution in [0.4, 0.5) is 11.4 Å². The first kappa shape index (κ1) is 27.3. The Morgan fingerprint density at radius 3 is 1.44 bits per heavy atom. The minimum atomic E-state index is -0.579. The molecule has 0 amide bonds. The van der Waals surface area contributed by atoms with E-state index in [4.69, 9.17) is 0 Å². The topological polar surface area (TPSA) is 102 Å². The van der Waals surface area contributed by atoms with E-state index in [9.17, 15) is 19.2 Å². The lowest BCUT2D eigenvalue weighted by Gasteiger charge is -1.97. The Bertz CT molecular complexity index is 1140. The van der Waals surface area contributed by atoms with Crippen molar-refractivity contribution in [3.63, 3.8) is 0 Å². The molecule has 3 aromatic carbocycles. The molecule has 7 nitrogen and oxygen atoms in total. The van der Waals surface area contributed by atoms with Crippen LogP contribution in [0.3, 0.4) is 0 Å².